The van der Waals surface area contributed by atoms with Gasteiger partial charge in [0.1, 0.15) is 0 Å². The fourth-order valence-electron chi connectivity index (χ4n) is 0.526. The van der Waals surface area contributed by atoms with E-state index in [4.69, 9.17) is 0 Å². The molecule has 0 spiro atoms. The molecule has 4 heteroatoms. The molecule has 0 aliphatic carbocycles. The summed E-state index contributed by atoms with van der Waals surface area (Å²) in [4.78, 5) is 9.72. The van der Waals surface area contributed by atoms with Crippen molar-refractivity contribution in [2.75, 3.05) is 0 Å². The molecule has 62 valence electrons. The molecule has 1 aromatic heterocycles. The molecule has 0 bridgehead atoms. The molecule has 2 heterocycles. The molecule has 0 aromatic carbocycles. The molecular formula is C8H7NOS2. The van der Waals surface area contributed by atoms with E-state index in [9.17, 15) is 4.79 Å². The topological polar surface area (TPSA) is 29.1 Å². The molecule has 0 saturated carbocycles. The van der Waals surface area contributed by atoms with Crippen LogP contribution < -0.4 is 5.32 Å². The van der Waals surface area contributed by atoms with Gasteiger partial charge in [-0.25, -0.2) is 4.79 Å². The third-order valence-corrected chi connectivity index (χ3v) is 2.32. The minimum atomic E-state index is 0.542. The zero-order valence-corrected chi connectivity index (χ0v) is 7.82. The molecule has 2 rings (SSSR count). The lowest BCUT2D eigenvalue weighted by molar-refractivity contribution is 0.567. The average molecular weight is 197 g/mol. The molecule has 0 radical (unpaired) electrons. The third-order valence-electron chi connectivity index (χ3n) is 0.986. The minimum absolute atomic E-state index is 0.542. The Balaban J connectivity index is 0.000000127. The maximum Gasteiger partial charge on any atom is 0.162 e. The van der Waals surface area contributed by atoms with Gasteiger partial charge in [0.25, 0.3) is 0 Å². The molecular weight excluding hydrogens is 190 g/mol. The van der Waals surface area contributed by atoms with Crippen molar-refractivity contribution in [3.63, 3.8) is 0 Å². The molecule has 1 aliphatic rings. The predicted octanol–water partition coefficient (Wildman–Crippen LogP) is 2.22. The summed E-state index contributed by atoms with van der Waals surface area (Å²) in [6, 6.07) is 4.04. The second kappa shape index (κ2) is 5.66. The second-order valence-electron chi connectivity index (χ2n) is 1.79. The third kappa shape index (κ3) is 3.44. The van der Waals surface area contributed by atoms with Crippen LogP contribution in [0.1, 0.15) is 0 Å². The first-order valence-electron chi connectivity index (χ1n) is 3.24. The van der Waals surface area contributed by atoms with Gasteiger partial charge < -0.3 is 5.32 Å². The van der Waals surface area contributed by atoms with Crippen molar-refractivity contribution in [3.8, 4) is 0 Å². The minimum Gasteiger partial charge on any atom is -0.347 e. The van der Waals surface area contributed by atoms with Gasteiger partial charge >= 0.3 is 0 Å². The van der Waals surface area contributed by atoms with E-state index < -0.39 is 0 Å². The Hall–Kier alpha value is -0.960. The van der Waals surface area contributed by atoms with Gasteiger partial charge in [0.05, 0.1) is 0 Å². The summed E-state index contributed by atoms with van der Waals surface area (Å²) in [5, 5.41) is 9.10. The predicted molar refractivity (Wildman–Crippen MR) is 53.4 cm³/mol. The van der Waals surface area contributed by atoms with Crippen LogP contribution in [-0.2, 0) is 4.79 Å². The molecule has 0 atom stereocenters. The van der Waals surface area contributed by atoms with Crippen molar-refractivity contribution in [1.82, 2.24) is 5.32 Å². The highest BCUT2D eigenvalue weighted by Gasteiger charge is 1.96. The summed E-state index contributed by atoms with van der Waals surface area (Å²) < 4.78 is 0. The number of nitrogens with one attached hydrogen (secondary N) is 1. The Labute approximate surface area is 79.0 Å². The van der Waals surface area contributed by atoms with E-state index in [2.05, 4.69) is 5.32 Å². The highest BCUT2D eigenvalue weighted by molar-refractivity contribution is 8.06. The maximum atomic E-state index is 9.72. The van der Waals surface area contributed by atoms with Crippen molar-refractivity contribution in [1.29, 1.82) is 0 Å². The summed E-state index contributed by atoms with van der Waals surface area (Å²) in [5.74, 6) is 1.72. The van der Waals surface area contributed by atoms with Crippen LogP contribution in [0.3, 0.4) is 0 Å². The zero-order valence-electron chi connectivity index (χ0n) is 6.19. The van der Waals surface area contributed by atoms with Gasteiger partial charge in [0.15, 0.2) is 11.0 Å². The molecule has 0 amide bonds. The van der Waals surface area contributed by atoms with Crippen LogP contribution >= 0.6 is 23.1 Å². The summed E-state index contributed by atoms with van der Waals surface area (Å²) in [5.41, 5.74) is 0. The number of hydrogen-bond acceptors (Lipinski definition) is 4. The van der Waals surface area contributed by atoms with Crippen LogP contribution in [0.15, 0.2) is 39.5 Å². The van der Waals surface area contributed by atoms with Gasteiger partial charge in [-0.15, -0.1) is 0 Å². The lowest BCUT2D eigenvalue weighted by Gasteiger charge is -1.82. The van der Waals surface area contributed by atoms with E-state index in [1.54, 1.807) is 28.9 Å². The van der Waals surface area contributed by atoms with E-state index in [0.29, 0.717) is 5.03 Å². The van der Waals surface area contributed by atoms with Gasteiger partial charge in [-0.3, -0.25) is 0 Å². The van der Waals surface area contributed by atoms with Crippen molar-refractivity contribution >= 4 is 29.0 Å². The monoisotopic (exact) mass is 197 g/mol. The first-order valence-corrected chi connectivity index (χ1v) is 5.06. The lowest BCUT2D eigenvalue weighted by Crippen LogP contribution is -1.93. The summed E-state index contributed by atoms with van der Waals surface area (Å²) in [6.45, 7) is 0. The van der Waals surface area contributed by atoms with E-state index in [0.717, 1.165) is 0 Å². The van der Waals surface area contributed by atoms with Crippen LogP contribution in [0.2, 0.25) is 0 Å². The number of hydrogen-bond donors (Lipinski definition) is 1. The van der Waals surface area contributed by atoms with E-state index in [-0.39, 0.29) is 0 Å². The van der Waals surface area contributed by atoms with Gasteiger partial charge in [0, 0.05) is 6.20 Å². The Morgan fingerprint density at radius 2 is 2.08 bits per heavy atom. The Kier molecular flexibility index (Phi) is 4.31. The number of thiophene rings is 1. The molecule has 1 aromatic rings. The fraction of sp³-hybridized carbons (Fsp3) is 0. The van der Waals surface area contributed by atoms with Gasteiger partial charge in [0.2, 0.25) is 0 Å². The van der Waals surface area contributed by atoms with Crippen LogP contribution in [0.4, 0.5) is 0 Å². The van der Waals surface area contributed by atoms with Crippen molar-refractivity contribution < 1.29 is 4.79 Å². The van der Waals surface area contributed by atoms with Gasteiger partial charge in [-0.2, -0.15) is 11.3 Å². The second-order valence-corrected chi connectivity index (χ2v) is 3.52. The quantitative estimate of drug-likeness (QED) is 0.647. The smallest absolute Gasteiger partial charge is 0.162 e. The molecule has 0 unspecified atom stereocenters. The fourth-order valence-corrected chi connectivity index (χ4v) is 1.44. The molecule has 1 N–H and O–H groups in total. The summed E-state index contributed by atoms with van der Waals surface area (Å²) in [6.07, 6.45) is 1.70. The molecule has 12 heavy (non-hydrogen) atoms. The van der Waals surface area contributed by atoms with E-state index in [1.165, 1.54) is 11.8 Å². The number of carbonyl (C=O) groups excluding carboxylic acids is 1. The van der Waals surface area contributed by atoms with Crippen LogP contribution in [-0.4, -0.2) is 5.94 Å². The summed E-state index contributed by atoms with van der Waals surface area (Å²) >= 11 is 3.06. The van der Waals surface area contributed by atoms with Crippen LogP contribution in [0, 0.1) is 0 Å². The van der Waals surface area contributed by atoms with Crippen molar-refractivity contribution in [3.05, 3.63) is 39.5 Å². The number of thioether (sulfide) groups is 1. The molecule has 0 saturated heterocycles. The Morgan fingerprint density at radius 1 is 1.33 bits per heavy atom. The normalized spacial score (nSPS) is 12.8. The van der Waals surface area contributed by atoms with Gasteiger partial charge in [-0.1, -0.05) is 23.9 Å². The van der Waals surface area contributed by atoms with Crippen molar-refractivity contribution in [2.24, 2.45) is 0 Å². The standard InChI is InChI=1S/C4H3NOS.C4H4S/c6-3-4-5-1-2-7-4;1-2-4-5-3-1/h1-2,5H;1-4H. The van der Waals surface area contributed by atoms with Crippen LogP contribution in [0.25, 0.3) is 0 Å². The molecule has 2 nitrogen and oxygen atoms in total. The van der Waals surface area contributed by atoms with Crippen LogP contribution in [0.5, 0.6) is 0 Å². The Morgan fingerprint density at radius 3 is 2.33 bits per heavy atom. The zero-order chi connectivity index (χ0) is 8.65. The first kappa shape index (κ1) is 9.13. The van der Waals surface area contributed by atoms with E-state index in [1.807, 2.05) is 22.9 Å². The Bertz CT molecular complexity index is 259. The molecule has 1 aliphatic heterocycles. The summed E-state index contributed by atoms with van der Waals surface area (Å²) in [7, 11) is 0. The molecule has 0 fully saturated rings. The number of rotatable bonds is 0. The highest BCUT2D eigenvalue weighted by atomic mass is 32.2. The first-order chi connectivity index (χ1) is 5.93. The van der Waals surface area contributed by atoms with E-state index >= 15 is 0 Å². The lowest BCUT2D eigenvalue weighted by atomic mass is 10.7. The van der Waals surface area contributed by atoms with Gasteiger partial charge in [-0.05, 0) is 16.2 Å². The van der Waals surface area contributed by atoms with Crippen molar-refractivity contribution in [2.45, 2.75) is 0 Å². The SMILES string of the molecule is O=C=C1NC=CS1.c1ccsc1. The maximum absolute atomic E-state index is 9.72. The largest absolute Gasteiger partial charge is 0.347 e. The average Bonchev–Trinajstić information content (AvgIpc) is 2.81. The highest BCUT2D eigenvalue weighted by Crippen LogP contribution is 2.14.